The lowest BCUT2D eigenvalue weighted by Crippen LogP contribution is -2.05. The highest BCUT2D eigenvalue weighted by Gasteiger charge is 2.17. The van der Waals surface area contributed by atoms with E-state index in [1.807, 2.05) is 18.2 Å². The molecule has 1 aromatic rings. The molecule has 0 aromatic heterocycles. The predicted octanol–water partition coefficient (Wildman–Crippen LogP) is 4.78. The summed E-state index contributed by atoms with van der Waals surface area (Å²) in [4.78, 5) is 2.52. The fourth-order valence-corrected chi connectivity index (χ4v) is 3.55. The molecule has 19 heavy (non-hydrogen) atoms. The number of thioether (sulfide) groups is 1. The van der Waals surface area contributed by atoms with Crippen LogP contribution in [0.15, 0.2) is 51.8 Å². The standard InChI is InChI=1S/C17H22OS/c1-12(2)15-10-13(3)8-9-17(15)19-16-7-5-4-6-14(16)11-18/h4-7,9-10,12-13,18H,8,11H2,1-3H3. The molecule has 0 heterocycles. The van der Waals surface area contributed by atoms with E-state index in [2.05, 4.69) is 39.0 Å². The summed E-state index contributed by atoms with van der Waals surface area (Å²) in [6.07, 6.45) is 5.85. The lowest BCUT2D eigenvalue weighted by atomic mass is 9.91. The first-order valence-electron chi connectivity index (χ1n) is 6.90. The number of rotatable bonds is 4. The van der Waals surface area contributed by atoms with Crippen LogP contribution in [-0.4, -0.2) is 5.11 Å². The first kappa shape index (κ1) is 14.4. The van der Waals surface area contributed by atoms with Crippen LogP contribution in [0.5, 0.6) is 0 Å². The summed E-state index contributed by atoms with van der Waals surface area (Å²) >= 11 is 1.79. The third kappa shape index (κ3) is 3.52. The molecule has 0 bridgehead atoms. The number of benzene rings is 1. The summed E-state index contributed by atoms with van der Waals surface area (Å²) in [7, 11) is 0. The summed E-state index contributed by atoms with van der Waals surface area (Å²) in [6.45, 7) is 6.86. The Hall–Kier alpha value is -0.990. The van der Waals surface area contributed by atoms with Gasteiger partial charge in [-0.25, -0.2) is 0 Å². The Bertz CT molecular complexity index is 500. The first-order valence-corrected chi connectivity index (χ1v) is 7.72. The molecule has 1 nitrogen and oxygen atoms in total. The van der Waals surface area contributed by atoms with Crippen molar-refractivity contribution >= 4 is 11.8 Å². The Morgan fingerprint density at radius 1 is 1.32 bits per heavy atom. The molecule has 0 spiro atoms. The molecular weight excluding hydrogens is 252 g/mol. The van der Waals surface area contributed by atoms with Crippen LogP contribution in [0.25, 0.3) is 0 Å². The van der Waals surface area contributed by atoms with Crippen molar-refractivity contribution < 1.29 is 5.11 Å². The minimum Gasteiger partial charge on any atom is -0.392 e. The zero-order valence-corrected chi connectivity index (χ0v) is 12.7. The van der Waals surface area contributed by atoms with Gasteiger partial charge in [-0.3, -0.25) is 0 Å². The molecule has 0 aliphatic heterocycles. The zero-order valence-electron chi connectivity index (χ0n) is 11.9. The van der Waals surface area contributed by atoms with Crippen molar-refractivity contribution in [3.63, 3.8) is 0 Å². The first-order chi connectivity index (χ1) is 9.11. The van der Waals surface area contributed by atoms with Crippen LogP contribution in [-0.2, 0) is 6.61 Å². The Balaban J connectivity index is 2.25. The van der Waals surface area contributed by atoms with Crippen LogP contribution < -0.4 is 0 Å². The topological polar surface area (TPSA) is 20.2 Å². The van der Waals surface area contributed by atoms with Gasteiger partial charge in [0.25, 0.3) is 0 Å². The lowest BCUT2D eigenvalue weighted by molar-refractivity contribution is 0.279. The highest BCUT2D eigenvalue weighted by molar-refractivity contribution is 8.03. The van der Waals surface area contributed by atoms with Gasteiger partial charge < -0.3 is 5.11 Å². The van der Waals surface area contributed by atoms with Crippen molar-refractivity contribution in [1.29, 1.82) is 0 Å². The van der Waals surface area contributed by atoms with Crippen molar-refractivity contribution in [1.82, 2.24) is 0 Å². The fourth-order valence-electron chi connectivity index (χ4n) is 2.30. The van der Waals surface area contributed by atoms with Crippen molar-refractivity contribution in [2.75, 3.05) is 0 Å². The van der Waals surface area contributed by atoms with Crippen LogP contribution in [0.3, 0.4) is 0 Å². The van der Waals surface area contributed by atoms with E-state index in [-0.39, 0.29) is 6.61 Å². The second-order valence-corrected chi connectivity index (χ2v) is 6.51. The van der Waals surface area contributed by atoms with Crippen molar-refractivity contribution in [2.45, 2.75) is 38.7 Å². The molecule has 2 heteroatoms. The number of aliphatic hydroxyl groups excluding tert-OH is 1. The van der Waals surface area contributed by atoms with E-state index >= 15 is 0 Å². The molecule has 1 N–H and O–H groups in total. The van der Waals surface area contributed by atoms with Gasteiger partial charge in [0.15, 0.2) is 0 Å². The van der Waals surface area contributed by atoms with E-state index in [4.69, 9.17) is 0 Å². The SMILES string of the molecule is CC1C=C(C(C)C)C(Sc2ccccc2CO)=CC1. The van der Waals surface area contributed by atoms with Gasteiger partial charge in [-0.1, -0.05) is 62.9 Å². The Labute approximate surface area is 120 Å². The zero-order chi connectivity index (χ0) is 13.8. The van der Waals surface area contributed by atoms with Crippen molar-refractivity contribution in [2.24, 2.45) is 11.8 Å². The maximum atomic E-state index is 9.42. The maximum absolute atomic E-state index is 9.42. The second kappa shape index (κ2) is 6.44. The van der Waals surface area contributed by atoms with Gasteiger partial charge in [0.1, 0.15) is 0 Å². The lowest BCUT2D eigenvalue weighted by Gasteiger charge is -2.22. The molecule has 0 fully saturated rings. The molecule has 1 aliphatic carbocycles. The molecule has 2 rings (SSSR count). The molecule has 1 aliphatic rings. The number of hydrogen-bond acceptors (Lipinski definition) is 2. The number of hydrogen-bond donors (Lipinski definition) is 1. The van der Waals surface area contributed by atoms with Crippen LogP contribution in [0, 0.1) is 11.8 Å². The van der Waals surface area contributed by atoms with Gasteiger partial charge >= 0.3 is 0 Å². The summed E-state index contributed by atoms with van der Waals surface area (Å²) in [6, 6.07) is 8.10. The van der Waals surface area contributed by atoms with Gasteiger partial charge in [-0.2, -0.15) is 0 Å². The molecule has 1 aromatic carbocycles. The van der Waals surface area contributed by atoms with E-state index in [9.17, 15) is 5.11 Å². The summed E-state index contributed by atoms with van der Waals surface area (Å²) in [5.41, 5.74) is 2.45. The molecule has 0 saturated carbocycles. The van der Waals surface area contributed by atoms with Crippen molar-refractivity contribution in [3.05, 3.63) is 52.5 Å². The molecule has 0 radical (unpaired) electrons. The third-order valence-electron chi connectivity index (χ3n) is 3.41. The van der Waals surface area contributed by atoms with E-state index in [1.54, 1.807) is 11.8 Å². The van der Waals surface area contributed by atoms with Gasteiger partial charge in [-0.15, -0.1) is 0 Å². The molecule has 1 unspecified atom stereocenters. The number of allylic oxidation sites excluding steroid dienone is 3. The van der Waals surface area contributed by atoms with Gasteiger partial charge in [-0.05, 0) is 35.5 Å². The second-order valence-electron chi connectivity index (χ2n) is 5.43. The van der Waals surface area contributed by atoms with E-state index in [1.165, 1.54) is 10.5 Å². The van der Waals surface area contributed by atoms with Gasteiger partial charge in [0.2, 0.25) is 0 Å². The maximum Gasteiger partial charge on any atom is 0.0692 e. The predicted molar refractivity (Wildman–Crippen MR) is 83.0 cm³/mol. The quantitative estimate of drug-likeness (QED) is 0.853. The minimum absolute atomic E-state index is 0.105. The number of aliphatic hydroxyl groups is 1. The van der Waals surface area contributed by atoms with E-state index in [0.717, 1.165) is 16.9 Å². The normalized spacial score (nSPS) is 19.3. The van der Waals surface area contributed by atoms with Crippen LogP contribution >= 0.6 is 11.8 Å². The van der Waals surface area contributed by atoms with Gasteiger partial charge in [0.05, 0.1) is 6.61 Å². The summed E-state index contributed by atoms with van der Waals surface area (Å²) in [5.74, 6) is 1.18. The van der Waals surface area contributed by atoms with Crippen LogP contribution in [0.4, 0.5) is 0 Å². The molecular formula is C17H22OS. The van der Waals surface area contributed by atoms with Gasteiger partial charge in [0, 0.05) is 9.80 Å². The highest BCUT2D eigenvalue weighted by atomic mass is 32.2. The average molecular weight is 274 g/mol. The average Bonchev–Trinajstić information content (AvgIpc) is 2.41. The Kier molecular flexibility index (Phi) is 4.89. The van der Waals surface area contributed by atoms with E-state index < -0.39 is 0 Å². The minimum atomic E-state index is 0.105. The monoisotopic (exact) mass is 274 g/mol. The van der Waals surface area contributed by atoms with Crippen LogP contribution in [0.2, 0.25) is 0 Å². The molecule has 102 valence electrons. The largest absolute Gasteiger partial charge is 0.392 e. The smallest absolute Gasteiger partial charge is 0.0692 e. The Morgan fingerprint density at radius 2 is 2.05 bits per heavy atom. The third-order valence-corrected chi connectivity index (χ3v) is 4.65. The van der Waals surface area contributed by atoms with Crippen molar-refractivity contribution in [3.8, 4) is 0 Å². The van der Waals surface area contributed by atoms with E-state index in [0.29, 0.717) is 11.8 Å². The molecule has 1 atom stereocenters. The molecule has 0 saturated heterocycles. The highest BCUT2D eigenvalue weighted by Crippen LogP contribution is 2.40. The molecule has 0 amide bonds. The van der Waals surface area contributed by atoms with Crippen LogP contribution in [0.1, 0.15) is 32.8 Å². The fraction of sp³-hybridized carbons (Fsp3) is 0.412. The Morgan fingerprint density at radius 3 is 2.74 bits per heavy atom. The summed E-state index contributed by atoms with van der Waals surface area (Å²) in [5, 5.41) is 9.42. The summed E-state index contributed by atoms with van der Waals surface area (Å²) < 4.78 is 0.